The minimum atomic E-state index is -1.47. The lowest BCUT2D eigenvalue weighted by atomic mass is 9.55. The number of ether oxygens (including phenoxy) is 3. The highest BCUT2D eigenvalue weighted by Crippen LogP contribution is 2.73. The summed E-state index contributed by atoms with van der Waals surface area (Å²) in [6, 6.07) is 6.72. The summed E-state index contributed by atoms with van der Waals surface area (Å²) >= 11 is 0. The van der Waals surface area contributed by atoms with Crippen LogP contribution in [0.3, 0.4) is 0 Å². The molecule has 9 heteroatoms. The summed E-state index contributed by atoms with van der Waals surface area (Å²) in [5.74, 6) is -1.35. The molecule has 224 valence electrons. The van der Waals surface area contributed by atoms with Crippen LogP contribution in [0.25, 0.3) is 0 Å². The fraction of sp³-hybridized carbons (Fsp3) is 0.812. The van der Waals surface area contributed by atoms with E-state index < -0.39 is 39.6 Å². The van der Waals surface area contributed by atoms with Crippen molar-refractivity contribution in [1.29, 1.82) is 15.8 Å². The van der Waals surface area contributed by atoms with Crippen molar-refractivity contribution in [3.63, 3.8) is 0 Å². The summed E-state index contributed by atoms with van der Waals surface area (Å²) in [6.07, 6.45) is 5.49. The zero-order chi connectivity index (χ0) is 30.7. The highest BCUT2D eigenvalue weighted by atomic mass is 16.5. The lowest BCUT2D eigenvalue weighted by molar-refractivity contribution is -0.157. The molecule has 0 radical (unpaired) electrons. The fourth-order valence-electron chi connectivity index (χ4n) is 9.07. The largest absolute Gasteiger partial charge is 0.465 e. The van der Waals surface area contributed by atoms with Crippen LogP contribution in [0.5, 0.6) is 0 Å². The molecule has 3 saturated carbocycles. The van der Waals surface area contributed by atoms with Crippen molar-refractivity contribution in [2.45, 2.75) is 99.3 Å². The van der Waals surface area contributed by atoms with E-state index >= 15 is 0 Å². The van der Waals surface area contributed by atoms with Gasteiger partial charge in [0.25, 0.3) is 0 Å². The van der Waals surface area contributed by atoms with Gasteiger partial charge in [0, 0.05) is 0 Å². The summed E-state index contributed by atoms with van der Waals surface area (Å²) in [4.78, 5) is 39.3. The van der Waals surface area contributed by atoms with Crippen LogP contribution in [0, 0.1) is 78.8 Å². The molecular weight excluding hydrogens is 522 g/mol. The van der Waals surface area contributed by atoms with Crippen LogP contribution in [-0.2, 0) is 28.6 Å². The number of esters is 3. The molecule has 0 aromatic carbocycles. The molecule has 4 bridgehead atoms. The molecule has 7 unspecified atom stereocenters. The van der Waals surface area contributed by atoms with Crippen LogP contribution < -0.4 is 0 Å². The maximum absolute atomic E-state index is 13.2. The summed E-state index contributed by atoms with van der Waals surface area (Å²) in [7, 11) is 0. The van der Waals surface area contributed by atoms with E-state index in [4.69, 9.17) is 14.2 Å². The number of rotatable bonds is 12. The smallest absolute Gasteiger partial charge is 0.326 e. The monoisotopic (exact) mass is 567 g/mol. The van der Waals surface area contributed by atoms with Gasteiger partial charge in [-0.15, -0.1) is 0 Å². The highest BCUT2D eigenvalue weighted by molar-refractivity contribution is 5.81. The highest BCUT2D eigenvalue weighted by Gasteiger charge is 2.67. The van der Waals surface area contributed by atoms with Crippen molar-refractivity contribution in [2.75, 3.05) is 19.8 Å². The van der Waals surface area contributed by atoms with Gasteiger partial charge in [0.2, 0.25) is 0 Å². The number of nitriles is 3. The van der Waals surface area contributed by atoms with Crippen LogP contribution in [-0.4, -0.2) is 37.7 Å². The van der Waals surface area contributed by atoms with Gasteiger partial charge in [-0.05, 0) is 121 Å². The van der Waals surface area contributed by atoms with Gasteiger partial charge in [-0.2, -0.15) is 15.8 Å². The third-order valence-corrected chi connectivity index (χ3v) is 10.3. The Morgan fingerprint density at radius 1 is 0.732 bits per heavy atom. The summed E-state index contributed by atoms with van der Waals surface area (Å²) < 4.78 is 16.0. The van der Waals surface area contributed by atoms with Crippen LogP contribution in [0.2, 0.25) is 0 Å². The van der Waals surface area contributed by atoms with Crippen LogP contribution in [0.4, 0.5) is 0 Å². The summed E-state index contributed by atoms with van der Waals surface area (Å²) in [6.45, 7) is 10.5. The van der Waals surface area contributed by atoms with Crippen molar-refractivity contribution in [3.05, 3.63) is 0 Å². The van der Waals surface area contributed by atoms with Crippen molar-refractivity contribution in [1.82, 2.24) is 0 Å². The Morgan fingerprint density at radius 2 is 1.17 bits per heavy atom. The van der Waals surface area contributed by atoms with Gasteiger partial charge < -0.3 is 14.2 Å². The lowest BCUT2D eigenvalue weighted by Crippen LogP contribution is -2.46. The molecule has 41 heavy (non-hydrogen) atoms. The molecule has 0 saturated heterocycles. The molecule has 3 rings (SSSR count). The Hall–Kier alpha value is -3.12. The maximum Gasteiger partial charge on any atom is 0.326 e. The Balaban J connectivity index is 2.15. The minimum absolute atomic E-state index is 0.0133. The Bertz CT molecular complexity index is 1120. The van der Waals surface area contributed by atoms with Gasteiger partial charge >= 0.3 is 17.9 Å². The van der Waals surface area contributed by atoms with Crippen LogP contribution in [0.1, 0.15) is 99.3 Å². The zero-order valence-corrected chi connectivity index (χ0v) is 25.5. The van der Waals surface area contributed by atoms with E-state index in [1.807, 2.05) is 0 Å². The number of hydrogen-bond acceptors (Lipinski definition) is 9. The number of carbonyl (C=O) groups is 3. The van der Waals surface area contributed by atoms with E-state index in [1.54, 1.807) is 41.5 Å². The predicted molar refractivity (Wildman–Crippen MR) is 148 cm³/mol. The maximum atomic E-state index is 13.2. The Labute approximate surface area is 244 Å². The van der Waals surface area contributed by atoms with Gasteiger partial charge in [-0.25, -0.2) is 0 Å². The van der Waals surface area contributed by atoms with Crippen molar-refractivity contribution in [2.24, 2.45) is 44.8 Å². The Kier molecular flexibility index (Phi) is 9.49. The van der Waals surface area contributed by atoms with Crippen LogP contribution in [0.15, 0.2) is 0 Å². The van der Waals surface area contributed by atoms with E-state index in [-0.39, 0.29) is 55.8 Å². The summed E-state index contributed by atoms with van der Waals surface area (Å²) in [5.41, 5.74) is -5.22. The average molecular weight is 568 g/mol. The minimum Gasteiger partial charge on any atom is -0.465 e. The molecule has 0 amide bonds. The first-order valence-electron chi connectivity index (χ1n) is 15.0. The normalized spacial score (nSPS) is 32.4. The van der Waals surface area contributed by atoms with Gasteiger partial charge in [0.15, 0.2) is 16.2 Å². The molecule has 0 heterocycles. The van der Waals surface area contributed by atoms with Gasteiger partial charge in [0.05, 0.1) is 38.0 Å². The molecule has 9 nitrogen and oxygen atoms in total. The Morgan fingerprint density at radius 3 is 1.59 bits per heavy atom. The molecule has 3 fully saturated rings. The van der Waals surface area contributed by atoms with Crippen molar-refractivity contribution < 1.29 is 28.6 Å². The van der Waals surface area contributed by atoms with E-state index in [0.29, 0.717) is 12.8 Å². The first-order chi connectivity index (χ1) is 19.3. The van der Waals surface area contributed by atoms with Gasteiger partial charge in [0.1, 0.15) is 0 Å². The zero-order valence-electron chi connectivity index (χ0n) is 25.5. The molecule has 3 aliphatic rings. The quantitative estimate of drug-likeness (QED) is 0.215. The van der Waals surface area contributed by atoms with Crippen molar-refractivity contribution >= 4 is 17.9 Å². The second kappa shape index (κ2) is 12.0. The standard InChI is InChI=1S/C32H45N3O6/c1-7-39-25(36)28(4,19-33)16-31-13-10-14-32(24-22(15-31)11-12-23(24)31,17-29(5,20-34)26(37)40-8-2)18-30(6,21-35)27(38)41-9-3/h22-24H,7-18H2,1-6H3. The fourth-order valence-corrected chi connectivity index (χ4v) is 9.07. The van der Waals surface area contributed by atoms with E-state index in [0.717, 1.165) is 32.1 Å². The predicted octanol–water partition coefficient (Wildman–Crippen LogP) is 5.64. The molecule has 0 aliphatic heterocycles. The molecule has 7 atom stereocenters. The number of hydrogen-bond donors (Lipinski definition) is 0. The molecular formula is C32H45N3O6. The molecule has 3 aliphatic carbocycles. The lowest BCUT2D eigenvalue weighted by Gasteiger charge is -2.47. The van der Waals surface area contributed by atoms with Crippen molar-refractivity contribution in [3.8, 4) is 18.2 Å². The molecule has 0 aromatic rings. The first kappa shape index (κ1) is 32.4. The van der Waals surface area contributed by atoms with E-state index in [2.05, 4.69) is 18.2 Å². The summed E-state index contributed by atoms with van der Waals surface area (Å²) in [5, 5.41) is 30.8. The SMILES string of the molecule is CCOC(=O)C(C)(C#N)CC12CCCC(CC(C)(C#N)C(=O)OCC)(CC(C)(C#N)C(=O)OCC)C3C(CCC31)C2. The first-order valence-corrected chi connectivity index (χ1v) is 15.0. The number of nitrogens with zero attached hydrogens (tertiary/aromatic N) is 3. The molecule has 0 spiro atoms. The van der Waals surface area contributed by atoms with Gasteiger partial charge in [-0.1, -0.05) is 6.42 Å². The van der Waals surface area contributed by atoms with E-state index in [9.17, 15) is 30.2 Å². The third kappa shape index (κ3) is 5.68. The van der Waals surface area contributed by atoms with E-state index in [1.165, 1.54) is 0 Å². The number of carbonyl (C=O) groups excluding carboxylic acids is 3. The second-order valence-electron chi connectivity index (χ2n) is 13.3. The topological polar surface area (TPSA) is 150 Å². The molecule has 0 aromatic heterocycles. The van der Waals surface area contributed by atoms with Gasteiger partial charge in [-0.3, -0.25) is 14.4 Å². The third-order valence-electron chi connectivity index (χ3n) is 10.3. The second-order valence-corrected chi connectivity index (χ2v) is 13.3. The van der Waals surface area contributed by atoms with Crippen LogP contribution >= 0.6 is 0 Å². The average Bonchev–Trinajstić information content (AvgIpc) is 3.45. The molecule has 0 N–H and O–H groups in total.